The van der Waals surface area contributed by atoms with Gasteiger partial charge in [0, 0.05) is 39.3 Å². The van der Waals surface area contributed by atoms with Crippen LogP contribution < -0.4 is 5.73 Å². The van der Waals surface area contributed by atoms with E-state index < -0.39 is 5.41 Å². The van der Waals surface area contributed by atoms with E-state index in [0.29, 0.717) is 39.3 Å². The predicted octanol–water partition coefficient (Wildman–Crippen LogP) is 0.601. The van der Waals surface area contributed by atoms with Gasteiger partial charge in [-0.2, -0.15) is 0 Å². The van der Waals surface area contributed by atoms with Gasteiger partial charge in [-0.05, 0) is 25.7 Å². The summed E-state index contributed by atoms with van der Waals surface area (Å²) >= 11 is 0. The minimum atomic E-state index is -0.444. The fraction of sp³-hybridized carbons (Fsp3) is 0.875. The van der Waals surface area contributed by atoms with Gasteiger partial charge in [0.05, 0.1) is 5.41 Å². The average Bonchev–Trinajstić information content (AvgIpc) is 3.11. The van der Waals surface area contributed by atoms with Crippen LogP contribution in [-0.4, -0.2) is 67.0 Å². The molecule has 2 rings (SSSR count). The molecule has 1 unspecified atom stereocenters. The number of hydrogen-bond acceptors (Lipinski definition) is 4. The van der Waals surface area contributed by atoms with E-state index >= 15 is 0 Å². The molecule has 22 heavy (non-hydrogen) atoms. The summed E-state index contributed by atoms with van der Waals surface area (Å²) in [5, 5.41) is 0. The first-order valence-electron chi connectivity index (χ1n) is 8.47. The first kappa shape index (κ1) is 17.2. The molecule has 0 saturated carbocycles. The molecular weight excluding hydrogens is 282 g/mol. The van der Waals surface area contributed by atoms with Gasteiger partial charge in [-0.3, -0.25) is 9.59 Å². The van der Waals surface area contributed by atoms with Crippen molar-refractivity contribution in [2.45, 2.75) is 45.6 Å². The lowest BCUT2D eigenvalue weighted by Gasteiger charge is -2.40. The largest absolute Gasteiger partial charge is 0.368 e. The van der Waals surface area contributed by atoms with Crippen molar-refractivity contribution >= 4 is 11.8 Å². The van der Waals surface area contributed by atoms with Crippen molar-refractivity contribution in [2.75, 3.05) is 39.3 Å². The van der Waals surface area contributed by atoms with Crippen molar-refractivity contribution in [3.8, 4) is 0 Å². The molecule has 0 bridgehead atoms. The molecule has 6 heteroatoms. The normalized spacial score (nSPS) is 23.0. The van der Waals surface area contributed by atoms with Gasteiger partial charge >= 0.3 is 0 Å². The van der Waals surface area contributed by atoms with Crippen LogP contribution in [0.1, 0.15) is 39.5 Å². The van der Waals surface area contributed by atoms with Gasteiger partial charge in [0.1, 0.15) is 6.10 Å². The van der Waals surface area contributed by atoms with E-state index in [-0.39, 0.29) is 17.9 Å². The minimum absolute atomic E-state index is 0.0840. The number of nitrogens with two attached hydrogens (primary N) is 1. The van der Waals surface area contributed by atoms with E-state index in [0.717, 1.165) is 25.7 Å². The maximum absolute atomic E-state index is 12.8. The Bertz CT molecular complexity index is 387. The van der Waals surface area contributed by atoms with Crippen LogP contribution in [0.25, 0.3) is 0 Å². The van der Waals surface area contributed by atoms with E-state index in [9.17, 15) is 9.59 Å². The topological polar surface area (TPSA) is 75.9 Å². The maximum Gasteiger partial charge on any atom is 0.251 e. The third-order valence-corrected chi connectivity index (χ3v) is 5.28. The number of carbonyl (C=O) groups excluding carboxylic acids is 2. The van der Waals surface area contributed by atoms with Gasteiger partial charge in [0.15, 0.2) is 0 Å². The highest BCUT2D eigenvalue weighted by Crippen LogP contribution is 2.28. The molecule has 2 N–H and O–H groups in total. The van der Waals surface area contributed by atoms with Crippen LogP contribution in [0.2, 0.25) is 0 Å². The zero-order chi connectivity index (χ0) is 16.2. The monoisotopic (exact) mass is 311 g/mol. The highest BCUT2D eigenvalue weighted by atomic mass is 16.5. The summed E-state index contributed by atoms with van der Waals surface area (Å²) < 4.78 is 5.46. The van der Waals surface area contributed by atoms with Crippen LogP contribution >= 0.6 is 0 Å². The second-order valence-corrected chi connectivity index (χ2v) is 6.31. The summed E-state index contributed by atoms with van der Waals surface area (Å²) in [7, 11) is 0. The SMILES string of the molecule is CCC(CC)(CN)C(=O)N1CCN(C(=O)C2CCCO2)CC1. The van der Waals surface area contributed by atoms with Crippen LogP contribution in [0.3, 0.4) is 0 Å². The molecule has 0 aromatic carbocycles. The zero-order valence-corrected chi connectivity index (χ0v) is 13.8. The summed E-state index contributed by atoms with van der Waals surface area (Å²) in [6.07, 6.45) is 3.03. The van der Waals surface area contributed by atoms with E-state index in [1.54, 1.807) is 0 Å². The van der Waals surface area contributed by atoms with Crippen LogP contribution in [0.15, 0.2) is 0 Å². The molecule has 0 radical (unpaired) electrons. The van der Waals surface area contributed by atoms with Gasteiger partial charge in [0.25, 0.3) is 5.91 Å². The molecule has 0 aromatic rings. The zero-order valence-electron chi connectivity index (χ0n) is 13.8. The predicted molar refractivity (Wildman–Crippen MR) is 84.2 cm³/mol. The quantitative estimate of drug-likeness (QED) is 0.807. The number of hydrogen-bond donors (Lipinski definition) is 1. The van der Waals surface area contributed by atoms with Gasteiger partial charge < -0.3 is 20.3 Å². The van der Waals surface area contributed by atoms with E-state index in [1.807, 2.05) is 23.6 Å². The third-order valence-electron chi connectivity index (χ3n) is 5.28. The number of nitrogens with zero attached hydrogens (tertiary/aromatic N) is 2. The van der Waals surface area contributed by atoms with Gasteiger partial charge in [-0.25, -0.2) is 0 Å². The summed E-state index contributed by atoms with van der Waals surface area (Å²) in [5.41, 5.74) is 5.42. The van der Waals surface area contributed by atoms with Crippen molar-refractivity contribution in [3.05, 3.63) is 0 Å². The smallest absolute Gasteiger partial charge is 0.251 e. The molecule has 2 aliphatic rings. The Labute approximate surface area is 132 Å². The second-order valence-electron chi connectivity index (χ2n) is 6.31. The van der Waals surface area contributed by atoms with Crippen LogP contribution in [0, 0.1) is 5.41 Å². The second kappa shape index (κ2) is 7.42. The van der Waals surface area contributed by atoms with Crippen molar-refractivity contribution in [2.24, 2.45) is 11.1 Å². The summed E-state index contributed by atoms with van der Waals surface area (Å²) in [5.74, 6) is 0.227. The number of amides is 2. The Morgan fingerprint density at radius 3 is 2.18 bits per heavy atom. The fourth-order valence-corrected chi connectivity index (χ4v) is 3.37. The maximum atomic E-state index is 12.8. The average molecular weight is 311 g/mol. The lowest BCUT2D eigenvalue weighted by molar-refractivity contribution is -0.150. The standard InChI is InChI=1S/C16H29N3O3/c1-3-16(4-2,12-17)15(21)19-9-7-18(8-10-19)14(20)13-6-5-11-22-13/h13H,3-12,17H2,1-2H3. The number of ether oxygens (including phenoxy) is 1. The Morgan fingerprint density at radius 1 is 1.14 bits per heavy atom. The lowest BCUT2D eigenvalue weighted by Crippen LogP contribution is -2.56. The van der Waals surface area contributed by atoms with Crippen LogP contribution in [0.5, 0.6) is 0 Å². The Balaban J connectivity index is 1.91. The summed E-state index contributed by atoms with van der Waals surface area (Å²) in [6, 6.07) is 0. The van der Waals surface area contributed by atoms with Crippen molar-refractivity contribution in [1.29, 1.82) is 0 Å². The van der Waals surface area contributed by atoms with E-state index in [1.165, 1.54) is 0 Å². The molecule has 0 spiro atoms. The van der Waals surface area contributed by atoms with Crippen LogP contribution in [-0.2, 0) is 14.3 Å². The molecule has 2 fully saturated rings. The first-order chi connectivity index (χ1) is 10.6. The third kappa shape index (κ3) is 3.27. The van der Waals surface area contributed by atoms with Gasteiger partial charge in [-0.15, -0.1) is 0 Å². The van der Waals surface area contributed by atoms with Crippen molar-refractivity contribution in [3.63, 3.8) is 0 Å². The molecule has 2 amide bonds. The Kier molecular flexibility index (Phi) is 5.81. The molecule has 2 saturated heterocycles. The molecule has 2 aliphatic heterocycles. The summed E-state index contributed by atoms with van der Waals surface area (Å²) in [6.45, 7) is 7.49. The van der Waals surface area contributed by atoms with E-state index in [4.69, 9.17) is 10.5 Å². The summed E-state index contributed by atoms with van der Waals surface area (Å²) in [4.78, 5) is 28.8. The Hall–Kier alpha value is -1.14. The molecule has 0 aliphatic carbocycles. The fourth-order valence-electron chi connectivity index (χ4n) is 3.37. The number of rotatable bonds is 5. The molecule has 6 nitrogen and oxygen atoms in total. The number of piperazine rings is 1. The number of carbonyl (C=O) groups is 2. The lowest BCUT2D eigenvalue weighted by atomic mass is 9.81. The molecule has 0 aromatic heterocycles. The van der Waals surface area contributed by atoms with Gasteiger partial charge in [0.2, 0.25) is 5.91 Å². The minimum Gasteiger partial charge on any atom is -0.368 e. The Morgan fingerprint density at radius 2 is 1.73 bits per heavy atom. The highest BCUT2D eigenvalue weighted by molar-refractivity contribution is 5.84. The van der Waals surface area contributed by atoms with E-state index in [2.05, 4.69) is 0 Å². The van der Waals surface area contributed by atoms with Crippen molar-refractivity contribution < 1.29 is 14.3 Å². The molecular formula is C16H29N3O3. The molecule has 2 heterocycles. The van der Waals surface area contributed by atoms with Crippen molar-refractivity contribution in [1.82, 2.24) is 9.80 Å². The first-order valence-corrected chi connectivity index (χ1v) is 8.47. The molecule has 126 valence electrons. The van der Waals surface area contributed by atoms with Crippen LogP contribution in [0.4, 0.5) is 0 Å². The molecule has 1 atom stereocenters. The highest BCUT2D eigenvalue weighted by Gasteiger charge is 2.39. The van der Waals surface area contributed by atoms with Gasteiger partial charge in [-0.1, -0.05) is 13.8 Å².